The molecule has 0 fully saturated rings. The Morgan fingerprint density at radius 3 is 2.84 bits per heavy atom. The minimum atomic E-state index is -0.445. The maximum absolute atomic E-state index is 11.4. The molecular formula is C16H13ClN2O5S. The van der Waals surface area contributed by atoms with Crippen LogP contribution in [0.25, 0.3) is 0 Å². The number of carbonyl (C=O) groups excluding carboxylic acids is 1. The molecule has 3 rings (SSSR count). The Hall–Kier alpha value is -2.45. The standard InChI is InChI=1S/C16H13ClN2O5S/c1-21-15(20)10-6-13(22-7-10)9-25-16-19-18-14(24-16)8-23-12-4-2-11(17)3-5-12/h2-7H,8-9H2,1H3. The molecule has 25 heavy (non-hydrogen) atoms. The van der Waals surface area contributed by atoms with E-state index in [2.05, 4.69) is 14.9 Å². The second-order valence-corrected chi connectivity index (χ2v) is 6.15. The Balaban J connectivity index is 1.50. The van der Waals surface area contributed by atoms with Gasteiger partial charge in [-0.2, -0.15) is 0 Å². The molecule has 9 heteroatoms. The zero-order chi connectivity index (χ0) is 17.6. The van der Waals surface area contributed by atoms with Crippen molar-refractivity contribution in [3.63, 3.8) is 0 Å². The number of methoxy groups -OCH3 is 1. The van der Waals surface area contributed by atoms with Crippen LogP contribution in [0.2, 0.25) is 5.02 Å². The Kier molecular flexibility index (Phi) is 5.62. The van der Waals surface area contributed by atoms with Crippen LogP contribution in [-0.4, -0.2) is 23.3 Å². The zero-order valence-electron chi connectivity index (χ0n) is 13.1. The van der Waals surface area contributed by atoms with Crippen LogP contribution in [-0.2, 0) is 17.1 Å². The van der Waals surface area contributed by atoms with Crippen molar-refractivity contribution in [3.05, 3.63) is 58.8 Å². The minimum Gasteiger partial charge on any atom is -0.484 e. The van der Waals surface area contributed by atoms with Crippen molar-refractivity contribution < 1.29 is 23.1 Å². The number of hydrogen-bond acceptors (Lipinski definition) is 8. The summed E-state index contributed by atoms with van der Waals surface area (Å²) < 4.78 is 20.9. The number of hydrogen-bond donors (Lipinski definition) is 0. The molecule has 0 N–H and O–H groups in total. The van der Waals surface area contributed by atoms with Crippen LogP contribution in [0.1, 0.15) is 22.0 Å². The van der Waals surface area contributed by atoms with Gasteiger partial charge < -0.3 is 18.3 Å². The Morgan fingerprint density at radius 2 is 2.08 bits per heavy atom. The summed E-state index contributed by atoms with van der Waals surface area (Å²) in [6.45, 7) is 0.155. The summed E-state index contributed by atoms with van der Waals surface area (Å²) in [5.41, 5.74) is 0.362. The van der Waals surface area contributed by atoms with Crippen LogP contribution < -0.4 is 4.74 Å². The van der Waals surface area contributed by atoms with E-state index in [1.54, 1.807) is 30.3 Å². The summed E-state index contributed by atoms with van der Waals surface area (Å²) in [5.74, 6) is 1.60. The third-order valence-corrected chi connectivity index (χ3v) is 4.13. The van der Waals surface area contributed by atoms with Crippen LogP contribution in [0, 0.1) is 0 Å². The Morgan fingerprint density at radius 1 is 1.28 bits per heavy atom. The predicted octanol–water partition coefficient (Wildman–Crippen LogP) is 3.97. The van der Waals surface area contributed by atoms with Crippen LogP contribution in [0.5, 0.6) is 5.75 Å². The van der Waals surface area contributed by atoms with Gasteiger partial charge in [0, 0.05) is 5.02 Å². The second-order valence-electron chi connectivity index (χ2n) is 4.79. The highest BCUT2D eigenvalue weighted by Crippen LogP contribution is 2.23. The van der Waals surface area contributed by atoms with Crippen LogP contribution in [0.3, 0.4) is 0 Å². The third kappa shape index (κ3) is 4.77. The average molecular weight is 381 g/mol. The van der Waals surface area contributed by atoms with Gasteiger partial charge in [-0.05, 0) is 30.3 Å². The van der Waals surface area contributed by atoms with E-state index >= 15 is 0 Å². The van der Waals surface area contributed by atoms with E-state index in [1.165, 1.54) is 25.1 Å². The number of carbonyl (C=O) groups is 1. The molecule has 0 amide bonds. The summed E-state index contributed by atoms with van der Waals surface area (Å²) in [6.07, 6.45) is 1.35. The SMILES string of the molecule is COC(=O)c1coc(CSc2nnc(COc3ccc(Cl)cc3)o2)c1. The highest BCUT2D eigenvalue weighted by Gasteiger charge is 2.12. The van der Waals surface area contributed by atoms with Crippen molar-refractivity contribution in [2.75, 3.05) is 7.11 Å². The van der Waals surface area contributed by atoms with Crippen LogP contribution in [0.15, 0.2) is 50.7 Å². The summed E-state index contributed by atoms with van der Waals surface area (Å²) in [5, 5.41) is 8.86. The first-order valence-corrected chi connectivity index (χ1v) is 8.49. The molecule has 0 radical (unpaired) electrons. The number of furan rings is 1. The highest BCUT2D eigenvalue weighted by atomic mass is 35.5. The van der Waals surface area contributed by atoms with E-state index in [0.717, 1.165) is 0 Å². The first-order valence-electron chi connectivity index (χ1n) is 7.13. The molecule has 3 aromatic rings. The third-order valence-electron chi connectivity index (χ3n) is 3.04. The fourth-order valence-electron chi connectivity index (χ4n) is 1.84. The lowest BCUT2D eigenvalue weighted by molar-refractivity contribution is 0.0600. The number of aromatic nitrogens is 2. The van der Waals surface area contributed by atoms with E-state index in [-0.39, 0.29) is 6.61 Å². The summed E-state index contributed by atoms with van der Waals surface area (Å²) in [6, 6.07) is 8.59. The molecule has 0 aliphatic carbocycles. The molecule has 0 aliphatic rings. The van der Waals surface area contributed by atoms with Crippen molar-refractivity contribution in [2.45, 2.75) is 17.6 Å². The maximum Gasteiger partial charge on any atom is 0.341 e. The number of rotatable bonds is 7. The van der Waals surface area contributed by atoms with Gasteiger partial charge in [-0.1, -0.05) is 23.4 Å². The van der Waals surface area contributed by atoms with Gasteiger partial charge in [-0.25, -0.2) is 4.79 Å². The number of nitrogens with zero attached hydrogens (tertiary/aromatic N) is 2. The first-order chi connectivity index (χ1) is 12.1. The molecule has 7 nitrogen and oxygen atoms in total. The molecule has 1 aromatic carbocycles. The molecule has 0 unspecified atom stereocenters. The van der Waals surface area contributed by atoms with Gasteiger partial charge >= 0.3 is 5.97 Å². The van der Waals surface area contributed by atoms with Gasteiger partial charge in [0.2, 0.25) is 0 Å². The Bertz CT molecular complexity index is 846. The summed E-state index contributed by atoms with van der Waals surface area (Å²) >= 11 is 7.10. The summed E-state index contributed by atoms with van der Waals surface area (Å²) in [7, 11) is 1.32. The van der Waals surface area contributed by atoms with E-state index in [4.69, 9.17) is 25.2 Å². The molecule has 0 spiro atoms. The number of thioether (sulfide) groups is 1. The van der Waals surface area contributed by atoms with E-state index in [0.29, 0.717) is 39.0 Å². The molecule has 0 atom stereocenters. The van der Waals surface area contributed by atoms with E-state index < -0.39 is 5.97 Å². The molecule has 0 saturated heterocycles. The van der Waals surface area contributed by atoms with Crippen molar-refractivity contribution in [1.82, 2.24) is 10.2 Å². The number of halogens is 1. The molecule has 2 aromatic heterocycles. The topological polar surface area (TPSA) is 87.6 Å². The van der Waals surface area contributed by atoms with Gasteiger partial charge in [0.15, 0.2) is 6.61 Å². The monoisotopic (exact) mass is 380 g/mol. The van der Waals surface area contributed by atoms with Gasteiger partial charge in [0.05, 0.1) is 18.4 Å². The quantitative estimate of drug-likeness (QED) is 0.449. The summed E-state index contributed by atoms with van der Waals surface area (Å²) in [4.78, 5) is 11.4. The minimum absolute atomic E-state index is 0.155. The molecule has 0 aliphatic heterocycles. The lowest BCUT2D eigenvalue weighted by atomic mass is 10.3. The number of benzene rings is 1. The fraction of sp³-hybridized carbons (Fsp3) is 0.188. The molecule has 130 valence electrons. The van der Waals surface area contributed by atoms with Crippen LogP contribution >= 0.6 is 23.4 Å². The molecule has 2 heterocycles. The second kappa shape index (κ2) is 8.09. The van der Waals surface area contributed by atoms with Crippen molar-refractivity contribution in [3.8, 4) is 5.75 Å². The van der Waals surface area contributed by atoms with Gasteiger partial charge in [0.1, 0.15) is 17.8 Å². The van der Waals surface area contributed by atoms with Crippen molar-refractivity contribution >= 4 is 29.3 Å². The molecular weight excluding hydrogens is 368 g/mol. The lowest BCUT2D eigenvalue weighted by Crippen LogP contribution is -1.98. The van der Waals surface area contributed by atoms with Gasteiger partial charge in [-0.3, -0.25) is 0 Å². The Labute approximate surface area is 152 Å². The molecule has 0 bridgehead atoms. The smallest absolute Gasteiger partial charge is 0.341 e. The maximum atomic E-state index is 11.4. The van der Waals surface area contributed by atoms with Gasteiger partial charge in [-0.15, -0.1) is 10.2 Å². The average Bonchev–Trinajstić information content (AvgIpc) is 3.28. The van der Waals surface area contributed by atoms with Crippen molar-refractivity contribution in [1.29, 1.82) is 0 Å². The van der Waals surface area contributed by atoms with Crippen molar-refractivity contribution in [2.24, 2.45) is 0 Å². The van der Waals surface area contributed by atoms with E-state index in [9.17, 15) is 4.79 Å². The highest BCUT2D eigenvalue weighted by molar-refractivity contribution is 7.98. The van der Waals surface area contributed by atoms with Crippen LogP contribution in [0.4, 0.5) is 0 Å². The largest absolute Gasteiger partial charge is 0.484 e. The lowest BCUT2D eigenvalue weighted by Gasteiger charge is -2.02. The number of ether oxygens (including phenoxy) is 2. The normalized spacial score (nSPS) is 10.6. The predicted molar refractivity (Wildman–Crippen MR) is 89.7 cm³/mol. The number of esters is 1. The fourth-order valence-corrected chi connectivity index (χ4v) is 2.64. The van der Waals surface area contributed by atoms with Gasteiger partial charge in [0.25, 0.3) is 11.1 Å². The first kappa shape index (κ1) is 17.4. The molecule has 0 saturated carbocycles. The van der Waals surface area contributed by atoms with E-state index in [1.807, 2.05) is 0 Å². The zero-order valence-corrected chi connectivity index (χ0v) is 14.7.